The zero-order chi connectivity index (χ0) is 27.1. The second-order valence-electron chi connectivity index (χ2n) is 9.61. The number of aromatic amines is 4. The quantitative estimate of drug-likeness (QED) is 0.208. The minimum Gasteiger partial charge on any atom is -0.460 e. The SMILES string of the molecule is Cc1ccc(-c2[nH][nH]c(=O)c2C(c2ccc(-c3ccc(F)cc3)o2)c2c(-c3ccc(C)cc3)[nH][nH]c2=O)cc1. The average Bonchev–Trinajstić information content (AvgIpc) is 3.67. The highest BCUT2D eigenvalue weighted by atomic mass is 19.1. The van der Waals surface area contributed by atoms with Crippen LogP contribution in [-0.2, 0) is 0 Å². The molecular formula is C31H25FN4O3. The zero-order valence-corrected chi connectivity index (χ0v) is 21.3. The zero-order valence-electron chi connectivity index (χ0n) is 21.3. The van der Waals surface area contributed by atoms with Crippen LogP contribution in [0.2, 0.25) is 0 Å². The van der Waals surface area contributed by atoms with Gasteiger partial charge in [-0.2, -0.15) is 0 Å². The van der Waals surface area contributed by atoms with E-state index >= 15 is 0 Å². The molecule has 6 rings (SSSR count). The molecule has 8 heteroatoms. The molecule has 3 heterocycles. The van der Waals surface area contributed by atoms with Crippen LogP contribution in [0.1, 0.15) is 33.9 Å². The predicted molar refractivity (Wildman–Crippen MR) is 148 cm³/mol. The lowest BCUT2D eigenvalue weighted by atomic mass is 9.86. The molecule has 7 nitrogen and oxygen atoms in total. The summed E-state index contributed by atoms with van der Waals surface area (Å²) in [5.74, 6) is -0.336. The maximum absolute atomic E-state index is 13.5. The summed E-state index contributed by atoms with van der Waals surface area (Å²) in [5.41, 5.74) is 5.46. The maximum atomic E-state index is 13.5. The van der Waals surface area contributed by atoms with Crippen molar-refractivity contribution in [1.82, 2.24) is 20.4 Å². The molecule has 0 amide bonds. The van der Waals surface area contributed by atoms with Gasteiger partial charge in [-0.3, -0.25) is 30.0 Å². The Kier molecular flexibility index (Phi) is 5.99. The number of halogens is 1. The molecule has 0 fully saturated rings. The summed E-state index contributed by atoms with van der Waals surface area (Å²) < 4.78 is 19.8. The van der Waals surface area contributed by atoms with Crippen molar-refractivity contribution in [3.05, 3.63) is 139 Å². The van der Waals surface area contributed by atoms with Gasteiger partial charge in [0.1, 0.15) is 17.3 Å². The molecule has 0 aliphatic rings. The van der Waals surface area contributed by atoms with Gasteiger partial charge in [0.25, 0.3) is 11.1 Å². The monoisotopic (exact) mass is 520 g/mol. The minimum absolute atomic E-state index is 0.345. The van der Waals surface area contributed by atoms with E-state index in [1.165, 1.54) is 12.1 Å². The first kappa shape index (κ1) is 24.2. The first-order valence-electron chi connectivity index (χ1n) is 12.5. The minimum atomic E-state index is -0.864. The molecule has 39 heavy (non-hydrogen) atoms. The van der Waals surface area contributed by atoms with E-state index in [0.29, 0.717) is 39.6 Å². The Morgan fingerprint density at radius 1 is 0.590 bits per heavy atom. The van der Waals surface area contributed by atoms with E-state index < -0.39 is 5.92 Å². The smallest absolute Gasteiger partial charge is 0.268 e. The lowest BCUT2D eigenvalue weighted by molar-refractivity contribution is 0.515. The molecule has 6 aromatic rings. The lowest BCUT2D eigenvalue weighted by Gasteiger charge is -2.15. The first-order valence-corrected chi connectivity index (χ1v) is 12.5. The largest absolute Gasteiger partial charge is 0.460 e. The Morgan fingerprint density at radius 3 is 1.54 bits per heavy atom. The molecule has 3 aromatic heterocycles. The van der Waals surface area contributed by atoms with Crippen LogP contribution in [0.15, 0.2) is 98.9 Å². The number of H-pyrrole nitrogens is 4. The number of hydrogen-bond donors (Lipinski definition) is 4. The molecule has 0 aliphatic carbocycles. The molecule has 0 saturated carbocycles. The van der Waals surface area contributed by atoms with Gasteiger partial charge in [0.05, 0.1) is 28.4 Å². The van der Waals surface area contributed by atoms with E-state index in [9.17, 15) is 14.0 Å². The molecule has 0 saturated heterocycles. The fraction of sp³-hybridized carbons (Fsp3) is 0.0968. The van der Waals surface area contributed by atoms with Crippen LogP contribution in [0.3, 0.4) is 0 Å². The Bertz CT molecular complexity index is 1770. The van der Waals surface area contributed by atoms with Gasteiger partial charge >= 0.3 is 0 Å². The lowest BCUT2D eigenvalue weighted by Crippen LogP contribution is -2.19. The summed E-state index contributed by atoms with van der Waals surface area (Å²) in [6, 6.07) is 25.0. The third-order valence-corrected chi connectivity index (χ3v) is 6.93. The number of benzene rings is 3. The van der Waals surface area contributed by atoms with Crippen molar-refractivity contribution < 1.29 is 8.81 Å². The van der Waals surface area contributed by atoms with Crippen LogP contribution in [-0.4, -0.2) is 20.4 Å². The number of aryl methyl sites for hydroxylation is 2. The number of aromatic nitrogens is 4. The standard InChI is InChI=1S/C31H25FN4O3/c1-17-3-7-20(8-4-17)28-26(30(37)35-33-28)25(24-16-15-23(39-24)19-11-13-22(32)14-12-19)27-29(34-36-31(27)38)21-9-5-18(2)6-10-21/h3-16,25H,1-2H3,(H2,33,35,37)(H2,34,36,38). The van der Waals surface area contributed by atoms with Gasteiger partial charge in [-0.15, -0.1) is 0 Å². The van der Waals surface area contributed by atoms with Crippen LogP contribution in [0.4, 0.5) is 4.39 Å². The molecule has 0 aliphatic heterocycles. The summed E-state index contributed by atoms with van der Waals surface area (Å²) in [6.07, 6.45) is 0. The van der Waals surface area contributed by atoms with E-state index in [0.717, 1.165) is 22.3 Å². The van der Waals surface area contributed by atoms with E-state index in [1.54, 1.807) is 24.3 Å². The van der Waals surface area contributed by atoms with Crippen molar-refractivity contribution in [3.63, 3.8) is 0 Å². The fourth-order valence-electron chi connectivity index (χ4n) is 4.89. The van der Waals surface area contributed by atoms with Crippen LogP contribution in [0.25, 0.3) is 33.8 Å². The van der Waals surface area contributed by atoms with E-state index in [1.807, 2.05) is 62.4 Å². The Morgan fingerprint density at radius 2 is 1.05 bits per heavy atom. The summed E-state index contributed by atoms with van der Waals surface area (Å²) >= 11 is 0. The van der Waals surface area contributed by atoms with Gasteiger partial charge in [-0.25, -0.2) is 4.39 Å². The molecule has 0 bridgehead atoms. The summed E-state index contributed by atoms with van der Waals surface area (Å²) in [4.78, 5) is 26.8. The van der Waals surface area contributed by atoms with Gasteiger partial charge in [0, 0.05) is 5.56 Å². The number of nitrogens with one attached hydrogen (secondary N) is 4. The molecular weight excluding hydrogens is 495 g/mol. The molecule has 0 unspecified atom stereocenters. The van der Waals surface area contributed by atoms with Gasteiger partial charge in [0.2, 0.25) is 0 Å². The molecule has 0 atom stereocenters. The van der Waals surface area contributed by atoms with E-state index in [4.69, 9.17) is 4.42 Å². The van der Waals surface area contributed by atoms with Crippen molar-refractivity contribution in [1.29, 1.82) is 0 Å². The maximum Gasteiger partial charge on any atom is 0.268 e. The van der Waals surface area contributed by atoms with Crippen LogP contribution >= 0.6 is 0 Å². The second kappa shape index (κ2) is 9.64. The van der Waals surface area contributed by atoms with Crippen molar-refractivity contribution in [2.24, 2.45) is 0 Å². The van der Waals surface area contributed by atoms with Crippen molar-refractivity contribution in [2.45, 2.75) is 19.8 Å². The number of furan rings is 1. The molecule has 3 aromatic carbocycles. The Labute approximate surface area is 222 Å². The van der Waals surface area contributed by atoms with Crippen LogP contribution in [0, 0.1) is 19.7 Å². The van der Waals surface area contributed by atoms with E-state index in [2.05, 4.69) is 20.4 Å². The number of rotatable bonds is 6. The second-order valence-corrected chi connectivity index (χ2v) is 9.61. The van der Waals surface area contributed by atoms with Crippen molar-refractivity contribution in [2.75, 3.05) is 0 Å². The highest BCUT2D eigenvalue weighted by molar-refractivity contribution is 5.71. The summed E-state index contributed by atoms with van der Waals surface area (Å²) in [7, 11) is 0. The fourth-order valence-corrected chi connectivity index (χ4v) is 4.89. The third-order valence-electron chi connectivity index (χ3n) is 6.93. The van der Waals surface area contributed by atoms with Crippen molar-refractivity contribution in [3.8, 4) is 33.8 Å². The highest BCUT2D eigenvalue weighted by Gasteiger charge is 2.33. The summed E-state index contributed by atoms with van der Waals surface area (Å²) in [6.45, 7) is 3.97. The van der Waals surface area contributed by atoms with Gasteiger partial charge in [-0.1, -0.05) is 59.7 Å². The normalized spacial score (nSPS) is 11.4. The van der Waals surface area contributed by atoms with Gasteiger partial charge in [0.15, 0.2) is 0 Å². The first-order chi connectivity index (χ1) is 18.9. The number of hydrogen-bond acceptors (Lipinski definition) is 3. The van der Waals surface area contributed by atoms with Gasteiger partial charge in [-0.05, 0) is 61.4 Å². The van der Waals surface area contributed by atoms with Crippen LogP contribution in [0.5, 0.6) is 0 Å². The molecule has 0 radical (unpaired) electrons. The summed E-state index contributed by atoms with van der Waals surface area (Å²) in [5, 5.41) is 11.4. The van der Waals surface area contributed by atoms with Gasteiger partial charge < -0.3 is 4.42 Å². The Hall–Kier alpha value is -5.11. The van der Waals surface area contributed by atoms with Crippen molar-refractivity contribution >= 4 is 0 Å². The molecule has 194 valence electrons. The molecule has 0 spiro atoms. The highest BCUT2D eigenvalue weighted by Crippen LogP contribution is 2.39. The average molecular weight is 521 g/mol. The molecule has 4 N–H and O–H groups in total. The topological polar surface area (TPSA) is 110 Å². The van der Waals surface area contributed by atoms with E-state index in [-0.39, 0.29) is 16.9 Å². The Balaban J connectivity index is 1.59. The predicted octanol–water partition coefficient (Wildman–Crippen LogP) is 6.25. The third kappa shape index (κ3) is 4.46. The van der Waals surface area contributed by atoms with Crippen LogP contribution < -0.4 is 11.1 Å².